The number of rotatable bonds is 4. The quantitative estimate of drug-likeness (QED) is 0.780. The SMILES string of the molecule is COC(=O)CC(c1ccccc1)N1CCCCCC1. The molecule has 1 aliphatic heterocycles. The number of hydrogen-bond donors (Lipinski definition) is 0. The van der Waals surface area contributed by atoms with Crippen molar-refractivity contribution < 1.29 is 9.53 Å². The fourth-order valence-electron chi connectivity index (χ4n) is 2.78. The van der Waals surface area contributed by atoms with Crippen LogP contribution in [0.5, 0.6) is 0 Å². The minimum Gasteiger partial charge on any atom is -0.469 e. The van der Waals surface area contributed by atoms with E-state index in [4.69, 9.17) is 4.74 Å². The van der Waals surface area contributed by atoms with Gasteiger partial charge < -0.3 is 4.74 Å². The van der Waals surface area contributed by atoms with Crippen LogP contribution in [0.25, 0.3) is 0 Å². The largest absolute Gasteiger partial charge is 0.469 e. The molecule has 0 aliphatic carbocycles. The van der Waals surface area contributed by atoms with Crippen LogP contribution in [0, 0.1) is 0 Å². The van der Waals surface area contributed by atoms with E-state index in [0.29, 0.717) is 6.42 Å². The van der Waals surface area contributed by atoms with Gasteiger partial charge in [-0.2, -0.15) is 0 Å². The van der Waals surface area contributed by atoms with E-state index in [2.05, 4.69) is 17.0 Å². The summed E-state index contributed by atoms with van der Waals surface area (Å²) in [5.74, 6) is -0.127. The highest BCUT2D eigenvalue weighted by molar-refractivity contribution is 5.70. The molecule has 1 saturated heterocycles. The lowest BCUT2D eigenvalue weighted by molar-refractivity contribution is -0.142. The first-order valence-corrected chi connectivity index (χ1v) is 7.17. The van der Waals surface area contributed by atoms with Crippen LogP contribution in [0.4, 0.5) is 0 Å². The fraction of sp³-hybridized carbons (Fsp3) is 0.562. The van der Waals surface area contributed by atoms with Crippen LogP contribution in [-0.2, 0) is 9.53 Å². The van der Waals surface area contributed by atoms with Crippen LogP contribution in [-0.4, -0.2) is 31.1 Å². The third-order valence-electron chi connectivity index (χ3n) is 3.85. The summed E-state index contributed by atoms with van der Waals surface area (Å²) in [6.07, 6.45) is 5.50. The molecule has 1 heterocycles. The summed E-state index contributed by atoms with van der Waals surface area (Å²) in [6, 6.07) is 10.5. The number of methoxy groups -OCH3 is 1. The average Bonchev–Trinajstić information content (AvgIpc) is 2.74. The molecular weight excluding hydrogens is 238 g/mol. The summed E-state index contributed by atoms with van der Waals surface area (Å²) >= 11 is 0. The Balaban J connectivity index is 2.15. The molecule has 0 amide bonds. The molecule has 1 aliphatic rings. The molecule has 1 aromatic rings. The van der Waals surface area contributed by atoms with E-state index in [-0.39, 0.29) is 12.0 Å². The second kappa shape index (κ2) is 7.29. The lowest BCUT2D eigenvalue weighted by atomic mass is 10.0. The van der Waals surface area contributed by atoms with Crippen molar-refractivity contribution in [3.63, 3.8) is 0 Å². The number of ether oxygens (including phenoxy) is 1. The number of nitrogens with zero attached hydrogens (tertiary/aromatic N) is 1. The van der Waals surface area contributed by atoms with Gasteiger partial charge in [0.1, 0.15) is 0 Å². The van der Waals surface area contributed by atoms with Gasteiger partial charge in [-0.05, 0) is 31.5 Å². The molecule has 0 aromatic heterocycles. The van der Waals surface area contributed by atoms with Crippen molar-refractivity contribution in [2.75, 3.05) is 20.2 Å². The summed E-state index contributed by atoms with van der Waals surface area (Å²) in [4.78, 5) is 14.1. The summed E-state index contributed by atoms with van der Waals surface area (Å²) in [5.41, 5.74) is 1.22. The zero-order valence-electron chi connectivity index (χ0n) is 11.7. The van der Waals surface area contributed by atoms with Crippen LogP contribution < -0.4 is 0 Å². The van der Waals surface area contributed by atoms with Gasteiger partial charge in [-0.15, -0.1) is 0 Å². The summed E-state index contributed by atoms with van der Waals surface area (Å²) < 4.78 is 4.86. The monoisotopic (exact) mass is 261 g/mol. The van der Waals surface area contributed by atoms with Crippen molar-refractivity contribution in [3.05, 3.63) is 35.9 Å². The molecule has 104 valence electrons. The number of likely N-dealkylation sites (tertiary alicyclic amines) is 1. The number of esters is 1. The Bertz CT molecular complexity index is 383. The molecule has 0 bridgehead atoms. The van der Waals surface area contributed by atoms with Crippen LogP contribution in [0.1, 0.15) is 43.7 Å². The van der Waals surface area contributed by atoms with Gasteiger partial charge in [-0.1, -0.05) is 43.2 Å². The molecule has 1 fully saturated rings. The minimum absolute atomic E-state index is 0.127. The highest BCUT2D eigenvalue weighted by Gasteiger charge is 2.24. The van der Waals surface area contributed by atoms with Gasteiger partial charge in [0.05, 0.1) is 13.5 Å². The van der Waals surface area contributed by atoms with Gasteiger partial charge in [0.15, 0.2) is 0 Å². The van der Waals surface area contributed by atoms with Gasteiger partial charge in [-0.25, -0.2) is 0 Å². The number of hydrogen-bond acceptors (Lipinski definition) is 3. The first-order chi connectivity index (χ1) is 9.31. The molecule has 1 atom stereocenters. The average molecular weight is 261 g/mol. The Morgan fingerprint density at radius 3 is 2.37 bits per heavy atom. The van der Waals surface area contributed by atoms with Gasteiger partial charge in [0.2, 0.25) is 0 Å². The Morgan fingerprint density at radius 2 is 1.79 bits per heavy atom. The molecule has 2 rings (SSSR count). The lowest BCUT2D eigenvalue weighted by Crippen LogP contribution is -2.31. The Morgan fingerprint density at radius 1 is 1.16 bits per heavy atom. The van der Waals surface area contributed by atoms with Crippen molar-refractivity contribution >= 4 is 5.97 Å². The van der Waals surface area contributed by atoms with E-state index in [1.54, 1.807) is 0 Å². The second-order valence-electron chi connectivity index (χ2n) is 5.16. The predicted octanol–water partition coefficient (Wildman–Crippen LogP) is 3.17. The highest BCUT2D eigenvalue weighted by atomic mass is 16.5. The van der Waals surface area contributed by atoms with E-state index in [0.717, 1.165) is 13.1 Å². The normalized spacial score (nSPS) is 18.6. The second-order valence-corrected chi connectivity index (χ2v) is 5.16. The first-order valence-electron chi connectivity index (χ1n) is 7.17. The zero-order chi connectivity index (χ0) is 13.5. The molecule has 19 heavy (non-hydrogen) atoms. The molecule has 0 N–H and O–H groups in total. The van der Waals surface area contributed by atoms with E-state index in [1.165, 1.54) is 38.4 Å². The minimum atomic E-state index is -0.127. The molecule has 3 heteroatoms. The Hall–Kier alpha value is -1.35. The molecule has 1 unspecified atom stereocenters. The molecule has 0 saturated carbocycles. The van der Waals surface area contributed by atoms with Crippen LogP contribution in [0.3, 0.4) is 0 Å². The van der Waals surface area contributed by atoms with Crippen LogP contribution in [0.2, 0.25) is 0 Å². The topological polar surface area (TPSA) is 29.5 Å². The maximum absolute atomic E-state index is 11.7. The first kappa shape index (κ1) is 14.1. The maximum atomic E-state index is 11.7. The maximum Gasteiger partial charge on any atom is 0.307 e. The summed E-state index contributed by atoms with van der Waals surface area (Å²) in [6.45, 7) is 2.16. The standard InChI is InChI=1S/C16H23NO2/c1-19-16(18)13-15(14-9-5-4-6-10-14)17-11-7-2-3-8-12-17/h4-6,9-10,15H,2-3,7-8,11-13H2,1H3. The number of benzene rings is 1. The molecule has 0 radical (unpaired) electrons. The van der Waals surface area contributed by atoms with Gasteiger partial charge in [0, 0.05) is 6.04 Å². The highest BCUT2D eigenvalue weighted by Crippen LogP contribution is 2.27. The van der Waals surface area contributed by atoms with Crippen molar-refractivity contribution in [1.82, 2.24) is 4.90 Å². The summed E-state index contributed by atoms with van der Waals surface area (Å²) in [7, 11) is 1.47. The Labute approximate surface area is 115 Å². The third kappa shape index (κ3) is 4.06. The van der Waals surface area contributed by atoms with Crippen LogP contribution >= 0.6 is 0 Å². The summed E-state index contributed by atoms with van der Waals surface area (Å²) in [5, 5.41) is 0. The van der Waals surface area contributed by atoms with Crippen molar-refractivity contribution in [2.24, 2.45) is 0 Å². The van der Waals surface area contributed by atoms with Gasteiger partial charge in [-0.3, -0.25) is 9.69 Å². The number of carbonyl (C=O) groups excluding carboxylic acids is 1. The fourth-order valence-corrected chi connectivity index (χ4v) is 2.78. The van der Waals surface area contributed by atoms with Gasteiger partial charge >= 0.3 is 5.97 Å². The van der Waals surface area contributed by atoms with E-state index in [1.807, 2.05) is 18.2 Å². The Kier molecular flexibility index (Phi) is 5.40. The lowest BCUT2D eigenvalue weighted by Gasteiger charge is -2.30. The zero-order valence-corrected chi connectivity index (χ0v) is 11.7. The van der Waals surface area contributed by atoms with Crippen molar-refractivity contribution in [2.45, 2.75) is 38.1 Å². The van der Waals surface area contributed by atoms with E-state index in [9.17, 15) is 4.79 Å². The van der Waals surface area contributed by atoms with E-state index >= 15 is 0 Å². The smallest absolute Gasteiger partial charge is 0.307 e. The van der Waals surface area contributed by atoms with E-state index < -0.39 is 0 Å². The third-order valence-corrected chi connectivity index (χ3v) is 3.85. The molecule has 0 spiro atoms. The molecule has 3 nitrogen and oxygen atoms in total. The molecular formula is C16H23NO2. The van der Waals surface area contributed by atoms with Crippen LogP contribution in [0.15, 0.2) is 30.3 Å². The van der Waals surface area contributed by atoms with Crippen molar-refractivity contribution in [1.29, 1.82) is 0 Å². The van der Waals surface area contributed by atoms with Crippen molar-refractivity contribution in [3.8, 4) is 0 Å². The van der Waals surface area contributed by atoms with Gasteiger partial charge in [0.25, 0.3) is 0 Å². The molecule has 1 aromatic carbocycles. The predicted molar refractivity (Wildman–Crippen MR) is 75.9 cm³/mol. The number of carbonyl (C=O) groups is 1.